The number of aromatic nitrogens is 4. The van der Waals surface area contributed by atoms with Gasteiger partial charge in [0.25, 0.3) is 0 Å². The topological polar surface area (TPSA) is 101 Å². The van der Waals surface area contributed by atoms with E-state index >= 15 is 0 Å². The summed E-state index contributed by atoms with van der Waals surface area (Å²) in [5.41, 5.74) is 6.10. The summed E-state index contributed by atoms with van der Waals surface area (Å²) in [5, 5.41) is 7.83. The van der Waals surface area contributed by atoms with E-state index in [1.165, 1.54) is 0 Å². The number of amides is 1. The molecule has 3 aromatic heterocycles. The summed E-state index contributed by atoms with van der Waals surface area (Å²) < 4.78 is 26.2. The van der Waals surface area contributed by atoms with Gasteiger partial charge in [-0.05, 0) is 79.8 Å². The zero-order valence-corrected chi connectivity index (χ0v) is 26.6. The van der Waals surface area contributed by atoms with Gasteiger partial charge in [-0.15, -0.1) is 0 Å². The minimum Gasteiger partial charge on any atom is -0.470 e. The predicted molar refractivity (Wildman–Crippen MR) is 177 cm³/mol. The van der Waals surface area contributed by atoms with Gasteiger partial charge in [-0.2, -0.15) is 5.10 Å². The number of aryl methyl sites for hydroxylation is 1. The lowest BCUT2D eigenvalue weighted by molar-refractivity contribution is -0.0366. The molecule has 0 N–H and O–H groups in total. The predicted octanol–water partition coefficient (Wildman–Crippen LogP) is 6.95. The molecule has 1 unspecified atom stereocenters. The van der Waals surface area contributed by atoms with E-state index in [-0.39, 0.29) is 30.9 Å². The number of hydrogen-bond donors (Lipinski definition) is 0. The molecule has 10 heteroatoms. The molecular weight excluding hydrogens is 594 g/mol. The number of ether oxygens (including phenoxy) is 4. The van der Waals surface area contributed by atoms with Crippen LogP contribution in [-0.2, 0) is 20.8 Å². The van der Waals surface area contributed by atoms with E-state index in [1.54, 1.807) is 4.90 Å². The molecule has 3 fully saturated rings. The van der Waals surface area contributed by atoms with Crippen LogP contribution in [0.3, 0.4) is 0 Å². The third-order valence-corrected chi connectivity index (χ3v) is 9.52. The van der Waals surface area contributed by atoms with Crippen LogP contribution in [0.15, 0.2) is 67.0 Å². The molecule has 8 rings (SSSR count). The van der Waals surface area contributed by atoms with Crippen LogP contribution in [0.2, 0.25) is 0 Å². The number of rotatable bonds is 7. The normalized spacial score (nSPS) is 19.2. The van der Waals surface area contributed by atoms with Crippen molar-refractivity contribution in [3.63, 3.8) is 0 Å². The van der Waals surface area contributed by atoms with Gasteiger partial charge in [0.15, 0.2) is 6.23 Å². The lowest BCUT2D eigenvalue weighted by Crippen LogP contribution is -2.56. The fourth-order valence-electron chi connectivity index (χ4n) is 6.98. The summed E-state index contributed by atoms with van der Waals surface area (Å²) in [6.07, 6.45) is 8.06. The summed E-state index contributed by atoms with van der Waals surface area (Å²) in [5.74, 6) is 0.802. The van der Waals surface area contributed by atoms with Crippen molar-refractivity contribution in [1.82, 2.24) is 24.6 Å². The van der Waals surface area contributed by atoms with Crippen molar-refractivity contribution in [3.8, 4) is 17.0 Å². The van der Waals surface area contributed by atoms with E-state index in [1.807, 2.05) is 54.3 Å². The highest BCUT2D eigenvalue weighted by atomic mass is 16.6. The van der Waals surface area contributed by atoms with E-state index in [0.717, 1.165) is 88.5 Å². The van der Waals surface area contributed by atoms with E-state index < -0.39 is 0 Å². The Morgan fingerprint density at radius 3 is 2.62 bits per heavy atom. The van der Waals surface area contributed by atoms with Crippen molar-refractivity contribution >= 4 is 27.8 Å². The first kappa shape index (κ1) is 29.8. The maximum Gasteiger partial charge on any atom is 0.410 e. The largest absolute Gasteiger partial charge is 0.470 e. The molecule has 10 nitrogen and oxygen atoms in total. The zero-order chi connectivity index (χ0) is 31.7. The number of carbonyl (C=O) groups excluding carboxylic acids is 1. The number of hydrogen-bond acceptors (Lipinski definition) is 8. The van der Waals surface area contributed by atoms with Crippen molar-refractivity contribution < 1.29 is 23.7 Å². The van der Waals surface area contributed by atoms with Crippen LogP contribution >= 0.6 is 0 Å². The summed E-state index contributed by atoms with van der Waals surface area (Å²) in [7, 11) is 0. The maximum atomic E-state index is 12.8. The Bertz CT molecular complexity index is 1890. The van der Waals surface area contributed by atoms with Gasteiger partial charge in [-0.25, -0.2) is 14.5 Å². The van der Waals surface area contributed by atoms with Crippen LogP contribution < -0.4 is 4.74 Å². The molecule has 6 heterocycles. The monoisotopic (exact) mass is 633 g/mol. The van der Waals surface area contributed by atoms with Crippen molar-refractivity contribution in [2.75, 3.05) is 32.9 Å². The van der Waals surface area contributed by atoms with E-state index in [4.69, 9.17) is 29.0 Å². The summed E-state index contributed by atoms with van der Waals surface area (Å²) in [6.45, 7) is 5.27. The molecule has 3 aliphatic heterocycles. The molecule has 3 aliphatic rings. The van der Waals surface area contributed by atoms with Gasteiger partial charge in [-0.1, -0.05) is 30.3 Å². The van der Waals surface area contributed by atoms with Crippen LogP contribution in [0, 0.1) is 6.92 Å². The zero-order valence-electron chi connectivity index (χ0n) is 26.6. The number of nitrogens with zero attached hydrogens (tertiary/aromatic N) is 5. The second kappa shape index (κ2) is 12.9. The minimum absolute atomic E-state index is 0.0954. The Morgan fingerprint density at radius 1 is 0.979 bits per heavy atom. The van der Waals surface area contributed by atoms with Crippen LogP contribution in [0.1, 0.15) is 61.2 Å². The minimum atomic E-state index is -0.337. The van der Waals surface area contributed by atoms with Crippen LogP contribution in [-0.4, -0.2) is 69.8 Å². The molecule has 0 spiro atoms. The van der Waals surface area contributed by atoms with Gasteiger partial charge >= 0.3 is 6.09 Å². The fraction of sp³-hybridized carbons (Fsp3) is 0.405. The number of fused-ring (bicyclic) bond motifs is 2. The molecule has 5 aromatic rings. The first-order valence-electron chi connectivity index (χ1n) is 16.7. The Morgan fingerprint density at radius 2 is 1.83 bits per heavy atom. The summed E-state index contributed by atoms with van der Waals surface area (Å²) in [6, 6.07) is 18.3. The Hall–Kier alpha value is -4.54. The van der Waals surface area contributed by atoms with Crippen LogP contribution in [0.4, 0.5) is 4.79 Å². The third kappa shape index (κ3) is 6.03. The third-order valence-electron chi connectivity index (χ3n) is 9.52. The number of benzene rings is 2. The molecule has 1 amide bonds. The second-order valence-corrected chi connectivity index (χ2v) is 12.8. The molecule has 0 radical (unpaired) electrons. The van der Waals surface area contributed by atoms with Gasteiger partial charge in [0, 0.05) is 54.0 Å². The Labute approximate surface area is 273 Å². The van der Waals surface area contributed by atoms with E-state index in [2.05, 4.69) is 29.2 Å². The average molecular weight is 634 g/mol. The smallest absolute Gasteiger partial charge is 0.410 e. The highest BCUT2D eigenvalue weighted by Crippen LogP contribution is 2.43. The molecule has 2 aromatic carbocycles. The number of carbonyl (C=O) groups is 1. The van der Waals surface area contributed by atoms with Crippen LogP contribution in [0.5, 0.6) is 5.88 Å². The molecule has 47 heavy (non-hydrogen) atoms. The fourth-order valence-corrected chi connectivity index (χ4v) is 6.98. The Kier molecular flexibility index (Phi) is 8.21. The highest BCUT2D eigenvalue weighted by molar-refractivity contribution is 6.07. The summed E-state index contributed by atoms with van der Waals surface area (Å²) in [4.78, 5) is 24.3. The molecule has 0 aliphatic carbocycles. The van der Waals surface area contributed by atoms with Gasteiger partial charge in [0.2, 0.25) is 5.88 Å². The summed E-state index contributed by atoms with van der Waals surface area (Å²) >= 11 is 0. The molecule has 242 valence electrons. The molecule has 3 saturated heterocycles. The molecule has 1 atom stereocenters. The van der Waals surface area contributed by atoms with Gasteiger partial charge in [-0.3, -0.25) is 4.98 Å². The molecule has 0 saturated carbocycles. The van der Waals surface area contributed by atoms with E-state index in [9.17, 15) is 4.79 Å². The standard InChI is InChI=1S/C37H39N5O5/c1-24-17-27(10-13-38-24)34-30-18-28-20-39-42(33-9-5-6-14-45-33)32(28)19-31(30)36(40-35(34)26-11-15-44-16-12-26)47-29-21-41(22-29)37(43)46-23-25-7-3-2-4-8-25/h2-4,7-8,10,13,17-20,26,29,33H,5-6,9,11-12,14-16,21-23H2,1H3. The lowest BCUT2D eigenvalue weighted by Gasteiger charge is -2.38. The first-order valence-corrected chi connectivity index (χ1v) is 16.7. The molecular formula is C37H39N5O5. The van der Waals surface area contributed by atoms with Gasteiger partial charge in [0.1, 0.15) is 12.7 Å². The van der Waals surface area contributed by atoms with Crippen molar-refractivity contribution in [2.45, 2.75) is 63.9 Å². The quantitative estimate of drug-likeness (QED) is 0.190. The number of pyridine rings is 2. The lowest BCUT2D eigenvalue weighted by atomic mass is 9.87. The van der Waals surface area contributed by atoms with Crippen molar-refractivity contribution in [3.05, 3.63) is 83.9 Å². The second-order valence-electron chi connectivity index (χ2n) is 12.8. The van der Waals surface area contributed by atoms with Crippen LogP contribution in [0.25, 0.3) is 32.8 Å². The van der Waals surface area contributed by atoms with Gasteiger partial charge in [0.05, 0.1) is 30.5 Å². The highest BCUT2D eigenvalue weighted by Gasteiger charge is 2.35. The maximum absolute atomic E-state index is 12.8. The average Bonchev–Trinajstić information content (AvgIpc) is 3.51. The van der Waals surface area contributed by atoms with Crippen molar-refractivity contribution in [1.29, 1.82) is 0 Å². The van der Waals surface area contributed by atoms with Gasteiger partial charge < -0.3 is 23.8 Å². The number of likely N-dealkylation sites (tertiary alicyclic amines) is 1. The SMILES string of the molecule is Cc1cc(-c2c(C3CCOCC3)nc(OC3CN(C(=O)OCc4ccccc4)C3)c3cc4c(cnn4C4CCCCO4)cc23)ccn1. The Balaban J connectivity index is 1.17. The van der Waals surface area contributed by atoms with Crippen molar-refractivity contribution in [2.24, 2.45) is 0 Å². The van der Waals surface area contributed by atoms with E-state index in [0.29, 0.717) is 32.2 Å². The molecule has 0 bridgehead atoms. The first-order chi connectivity index (χ1) is 23.1.